The van der Waals surface area contributed by atoms with Gasteiger partial charge < -0.3 is 10.2 Å². The van der Waals surface area contributed by atoms with Crippen molar-refractivity contribution in [2.45, 2.75) is 39.7 Å². The van der Waals surface area contributed by atoms with Crippen LogP contribution in [-0.2, 0) is 0 Å². The van der Waals surface area contributed by atoms with Gasteiger partial charge in [-0.25, -0.2) is 0 Å². The Kier molecular flexibility index (Phi) is 6.06. The van der Waals surface area contributed by atoms with Gasteiger partial charge in [0.2, 0.25) is 0 Å². The Hall–Kier alpha value is -1.02. The van der Waals surface area contributed by atoms with Gasteiger partial charge in [0.15, 0.2) is 0 Å². The van der Waals surface area contributed by atoms with Crippen LogP contribution in [0.25, 0.3) is 0 Å². The van der Waals surface area contributed by atoms with Crippen molar-refractivity contribution in [3.63, 3.8) is 0 Å². The van der Waals surface area contributed by atoms with Crippen molar-refractivity contribution in [2.24, 2.45) is 0 Å². The average molecular weight is 234 g/mol. The molecule has 0 bridgehead atoms. The van der Waals surface area contributed by atoms with Crippen molar-refractivity contribution in [3.8, 4) is 0 Å². The van der Waals surface area contributed by atoms with Crippen LogP contribution in [0, 0.1) is 6.92 Å². The first-order valence-corrected chi connectivity index (χ1v) is 6.64. The van der Waals surface area contributed by atoms with Crippen molar-refractivity contribution in [1.29, 1.82) is 0 Å². The summed E-state index contributed by atoms with van der Waals surface area (Å²) in [5.41, 5.74) is 2.64. The first-order valence-electron chi connectivity index (χ1n) is 6.64. The molecule has 0 amide bonds. The predicted octanol–water partition coefficient (Wildman–Crippen LogP) is 3.21. The third kappa shape index (κ3) is 5.22. The van der Waals surface area contributed by atoms with Crippen molar-refractivity contribution < 1.29 is 0 Å². The van der Waals surface area contributed by atoms with Gasteiger partial charge in [0, 0.05) is 25.3 Å². The summed E-state index contributed by atoms with van der Waals surface area (Å²) in [6.45, 7) is 8.83. The molecule has 1 aromatic rings. The van der Waals surface area contributed by atoms with Crippen molar-refractivity contribution in [3.05, 3.63) is 29.8 Å². The van der Waals surface area contributed by atoms with E-state index in [0.717, 1.165) is 13.1 Å². The molecule has 17 heavy (non-hydrogen) atoms. The van der Waals surface area contributed by atoms with E-state index >= 15 is 0 Å². The fourth-order valence-corrected chi connectivity index (χ4v) is 1.87. The van der Waals surface area contributed by atoms with Gasteiger partial charge in [-0.2, -0.15) is 0 Å². The van der Waals surface area contributed by atoms with Crippen LogP contribution in [0.4, 0.5) is 5.69 Å². The van der Waals surface area contributed by atoms with E-state index in [1.165, 1.54) is 24.1 Å². The van der Waals surface area contributed by atoms with Crippen LogP contribution in [-0.4, -0.2) is 26.2 Å². The Bertz CT molecular complexity index is 322. The lowest BCUT2D eigenvalue weighted by Crippen LogP contribution is -2.31. The minimum absolute atomic E-state index is 0.599. The second-order valence-electron chi connectivity index (χ2n) is 4.90. The third-order valence-electron chi connectivity index (χ3n) is 3.08. The molecule has 2 heteroatoms. The smallest absolute Gasteiger partial charge is 0.0366 e. The molecule has 1 aromatic carbocycles. The monoisotopic (exact) mass is 234 g/mol. The lowest BCUT2D eigenvalue weighted by atomic mass is 10.2. The minimum atomic E-state index is 0.599. The summed E-state index contributed by atoms with van der Waals surface area (Å²) >= 11 is 0. The number of aryl methyl sites for hydroxylation is 1. The van der Waals surface area contributed by atoms with Gasteiger partial charge in [0.25, 0.3) is 0 Å². The van der Waals surface area contributed by atoms with Crippen LogP contribution in [0.2, 0.25) is 0 Å². The fraction of sp³-hybridized carbons (Fsp3) is 0.600. The summed E-state index contributed by atoms with van der Waals surface area (Å²) in [6, 6.07) is 9.28. The highest BCUT2D eigenvalue weighted by Gasteiger charge is 2.04. The first kappa shape index (κ1) is 14.0. The highest BCUT2D eigenvalue weighted by atomic mass is 15.1. The van der Waals surface area contributed by atoms with Crippen LogP contribution >= 0.6 is 0 Å². The zero-order valence-electron chi connectivity index (χ0n) is 11.7. The first-order chi connectivity index (χ1) is 8.13. The van der Waals surface area contributed by atoms with E-state index in [2.05, 4.69) is 62.3 Å². The number of anilines is 1. The van der Waals surface area contributed by atoms with E-state index in [1.54, 1.807) is 0 Å². The molecule has 0 aliphatic carbocycles. The number of rotatable bonds is 7. The molecule has 0 heterocycles. The summed E-state index contributed by atoms with van der Waals surface area (Å²) in [6.07, 6.45) is 2.39. The van der Waals surface area contributed by atoms with Gasteiger partial charge in [0.1, 0.15) is 0 Å². The second-order valence-corrected chi connectivity index (χ2v) is 4.90. The molecule has 0 saturated carbocycles. The lowest BCUT2D eigenvalue weighted by Gasteiger charge is -2.22. The maximum atomic E-state index is 3.52. The van der Waals surface area contributed by atoms with Crippen LogP contribution in [0.5, 0.6) is 0 Å². The summed E-state index contributed by atoms with van der Waals surface area (Å²) in [4.78, 5) is 2.33. The molecule has 0 aliphatic rings. The molecule has 96 valence electrons. The molecule has 0 radical (unpaired) electrons. The molecule has 0 aromatic heterocycles. The molecule has 0 spiro atoms. The van der Waals surface area contributed by atoms with E-state index in [-0.39, 0.29) is 0 Å². The number of hydrogen-bond donors (Lipinski definition) is 1. The van der Waals surface area contributed by atoms with Gasteiger partial charge in [-0.15, -0.1) is 0 Å². The van der Waals surface area contributed by atoms with Crippen LogP contribution < -0.4 is 10.2 Å². The standard InChI is InChI=1S/C15H26N2/c1-5-10-16-14(3)9-11-17(4)15-8-6-7-13(2)12-15/h6-8,12,14,16H,5,9-11H2,1-4H3. The average Bonchev–Trinajstić information content (AvgIpc) is 2.33. The van der Waals surface area contributed by atoms with E-state index in [4.69, 9.17) is 0 Å². The Balaban J connectivity index is 2.36. The quantitative estimate of drug-likeness (QED) is 0.779. The molecule has 1 rings (SSSR count). The SMILES string of the molecule is CCCNC(C)CCN(C)c1cccc(C)c1. The predicted molar refractivity (Wildman–Crippen MR) is 76.8 cm³/mol. The molecule has 1 unspecified atom stereocenters. The Morgan fingerprint density at radius 2 is 2.12 bits per heavy atom. The maximum absolute atomic E-state index is 3.52. The molecule has 0 aliphatic heterocycles. The van der Waals surface area contributed by atoms with E-state index in [9.17, 15) is 0 Å². The third-order valence-corrected chi connectivity index (χ3v) is 3.08. The van der Waals surface area contributed by atoms with E-state index in [0.29, 0.717) is 6.04 Å². The molecule has 0 fully saturated rings. The Morgan fingerprint density at radius 1 is 1.35 bits per heavy atom. The summed E-state index contributed by atoms with van der Waals surface area (Å²) in [5.74, 6) is 0. The number of nitrogens with one attached hydrogen (secondary N) is 1. The summed E-state index contributed by atoms with van der Waals surface area (Å²) in [5, 5.41) is 3.52. The van der Waals surface area contributed by atoms with Gasteiger partial charge in [-0.3, -0.25) is 0 Å². The van der Waals surface area contributed by atoms with Gasteiger partial charge >= 0.3 is 0 Å². The van der Waals surface area contributed by atoms with Crippen LogP contribution in [0.3, 0.4) is 0 Å². The van der Waals surface area contributed by atoms with Crippen LogP contribution in [0.1, 0.15) is 32.3 Å². The topological polar surface area (TPSA) is 15.3 Å². The van der Waals surface area contributed by atoms with Crippen molar-refractivity contribution >= 4 is 5.69 Å². The van der Waals surface area contributed by atoms with Crippen molar-refractivity contribution in [2.75, 3.05) is 25.0 Å². The molecule has 1 atom stereocenters. The zero-order chi connectivity index (χ0) is 12.7. The summed E-state index contributed by atoms with van der Waals surface area (Å²) < 4.78 is 0. The zero-order valence-corrected chi connectivity index (χ0v) is 11.7. The lowest BCUT2D eigenvalue weighted by molar-refractivity contribution is 0.515. The number of hydrogen-bond acceptors (Lipinski definition) is 2. The van der Waals surface area contributed by atoms with Gasteiger partial charge in [-0.05, 0) is 50.9 Å². The number of nitrogens with zero attached hydrogens (tertiary/aromatic N) is 1. The molecular formula is C15H26N2. The van der Waals surface area contributed by atoms with Gasteiger partial charge in [0.05, 0.1) is 0 Å². The largest absolute Gasteiger partial charge is 0.375 e. The van der Waals surface area contributed by atoms with Crippen molar-refractivity contribution in [1.82, 2.24) is 5.32 Å². The molecule has 2 nitrogen and oxygen atoms in total. The molecular weight excluding hydrogens is 208 g/mol. The number of benzene rings is 1. The van der Waals surface area contributed by atoms with E-state index < -0.39 is 0 Å². The van der Waals surface area contributed by atoms with Gasteiger partial charge in [-0.1, -0.05) is 19.1 Å². The minimum Gasteiger partial charge on any atom is -0.375 e. The van der Waals surface area contributed by atoms with E-state index in [1.807, 2.05) is 0 Å². The second kappa shape index (κ2) is 7.33. The Labute approximate surface area is 106 Å². The Morgan fingerprint density at radius 3 is 2.76 bits per heavy atom. The highest BCUT2D eigenvalue weighted by Crippen LogP contribution is 2.14. The molecule has 1 N–H and O–H groups in total. The normalized spacial score (nSPS) is 12.5. The molecule has 0 saturated heterocycles. The summed E-state index contributed by atoms with van der Waals surface area (Å²) in [7, 11) is 2.17. The fourth-order valence-electron chi connectivity index (χ4n) is 1.87. The highest BCUT2D eigenvalue weighted by molar-refractivity contribution is 5.47. The maximum Gasteiger partial charge on any atom is 0.0366 e. The van der Waals surface area contributed by atoms with Crippen LogP contribution in [0.15, 0.2) is 24.3 Å².